The average Bonchev–Trinajstić information content (AvgIpc) is 3.34. The third kappa shape index (κ3) is 6.15. The number of ether oxygens (including phenoxy) is 1. The average molecular weight is 597 g/mol. The molecule has 5 rings (SSSR count). The second kappa shape index (κ2) is 12.0. The molecular weight excluding hydrogens is 564 g/mol. The van der Waals surface area contributed by atoms with Crippen LogP contribution < -0.4 is 10.6 Å². The number of methoxy groups -OCH3 is 1. The molecule has 14 heteroatoms. The number of para-hydroxylation sites is 1. The van der Waals surface area contributed by atoms with Crippen LogP contribution in [-0.4, -0.2) is 89.5 Å². The first-order valence-electron chi connectivity index (χ1n) is 13.1. The monoisotopic (exact) mass is 596 g/mol. The quantitative estimate of drug-likeness (QED) is 0.309. The number of benzene rings is 1. The van der Waals surface area contributed by atoms with E-state index in [0.29, 0.717) is 38.4 Å². The summed E-state index contributed by atoms with van der Waals surface area (Å²) in [6.07, 6.45) is 2.66. The second-order valence-electron chi connectivity index (χ2n) is 9.82. The van der Waals surface area contributed by atoms with E-state index in [4.69, 9.17) is 0 Å². The fraction of sp³-hybridized carbons (Fsp3) is 0.370. The molecule has 1 aromatic carbocycles. The van der Waals surface area contributed by atoms with Crippen LogP contribution in [-0.2, 0) is 14.8 Å². The molecule has 1 amide bonds. The maximum atomic E-state index is 13.3. The van der Waals surface area contributed by atoms with Crippen LogP contribution in [0.1, 0.15) is 18.3 Å². The van der Waals surface area contributed by atoms with Crippen molar-refractivity contribution in [2.45, 2.75) is 31.0 Å². The molecule has 1 aliphatic rings. The van der Waals surface area contributed by atoms with E-state index in [1.165, 1.54) is 11.4 Å². The lowest BCUT2D eigenvalue weighted by Crippen LogP contribution is -2.50. The van der Waals surface area contributed by atoms with E-state index >= 15 is 0 Å². The Morgan fingerprint density at radius 2 is 1.80 bits per heavy atom. The van der Waals surface area contributed by atoms with Crippen LogP contribution >= 0.6 is 11.3 Å². The normalized spacial score (nSPS) is 15.5. The number of fused-ring (bicyclic) bond motifs is 1. The van der Waals surface area contributed by atoms with Gasteiger partial charge in [0.1, 0.15) is 12.1 Å². The first-order chi connectivity index (χ1) is 19.7. The third-order valence-corrected chi connectivity index (χ3v) is 10.5. The maximum absolute atomic E-state index is 13.3. The number of pyridine rings is 1. The number of aryl methyl sites for hydroxylation is 2. The van der Waals surface area contributed by atoms with Gasteiger partial charge in [0.15, 0.2) is 9.34 Å². The number of piperazine rings is 1. The molecular formula is C27H32N8O4S2. The van der Waals surface area contributed by atoms with Crippen molar-refractivity contribution < 1.29 is 17.9 Å². The first-order valence-corrected chi connectivity index (χ1v) is 15.4. The number of thiazole rings is 1. The van der Waals surface area contributed by atoms with Crippen molar-refractivity contribution in [3.05, 3.63) is 54.2 Å². The van der Waals surface area contributed by atoms with Crippen molar-refractivity contribution in [3.63, 3.8) is 0 Å². The lowest BCUT2D eigenvalue weighted by atomic mass is 10.0. The van der Waals surface area contributed by atoms with Gasteiger partial charge in [-0.3, -0.25) is 15.2 Å². The fourth-order valence-electron chi connectivity index (χ4n) is 4.94. The van der Waals surface area contributed by atoms with E-state index in [0.717, 1.165) is 44.9 Å². The molecule has 3 aromatic heterocycles. The summed E-state index contributed by atoms with van der Waals surface area (Å²) in [7, 11) is -2.50. The van der Waals surface area contributed by atoms with Crippen molar-refractivity contribution in [2.75, 3.05) is 50.5 Å². The van der Waals surface area contributed by atoms with Gasteiger partial charge in [0, 0.05) is 67.2 Å². The molecule has 1 aliphatic heterocycles. The van der Waals surface area contributed by atoms with Crippen LogP contribution in [0.3, 0.4) is 0 Å². The number of aromatic nitrogens is 4. The standard InChI is InChI=1S/C27H32N8O4S2/c1-17(31-24-22-8-5-7-21(23(22)29-16-30-24)20-9-6-10-28-18(20)2)15-34-11-13-35(14-12-34)41(37,38)25-19(3)32-26(40-25)33-27(36)39-4/h5-10,16-17H,11-15H2,1-4H3,(H,29,30,31)(H,32,33,36)/t17-/m0/s1. The Labute approximate surface area is 242 Å². The summed E-state index contributed by atoms with van der Waals surface area (Å²) in [6.45, 7) is 8.30. The summed E-state index contributed by atoms with van der Waals surface area (Å²) in [5.41, 5.74) is 4.18. The summed E-state index contributed by atoms with van der Waals surface area (Å²) < 4.78 is 32.8. The second-order valence-corrected chi connectivity index (χ2v) is 13.0. The summed E-state index contributed by atoms with van der Waals surface area (Å²) in [4.78, 5) is 31.4. The largest absolute Gasteiger partial charge is 0.453 e. The van der Waals surface area contributed by atoms with Gasteiger partial charge in [-0.25, -0.2) is 28.2 Å². The molecule has 2 N–H and O–H groups in total. The van der Waals surface area contributed by atoms with E-state index in [1.807, 2.05) is 37.3 Å². The van der Waals surface area contributed by atoms with Gasteiger partial charge in [-0.1, -0.05) is 29.5 Å². The predicted molar refractivity (Wildman–Crippen MR) is 159 cm³/mol. The van der Waals surface area contributed by atoms with E-state index in [9.17, 15) is 13.2 Å². The van der Waals surface area contributed by atoms with Gasteiger partial charge in [0.05, 0.1) is 18.3 Å². The summed E-state index contributed by atoms with van der Waals surface area (Å²) in [6, 6.07) is 10.1. The van der Waals surface area contributed by atoms with Gasteiger partial charge >= 0.3 is 6.09 Å². The zero-order valence-corrected chi connectivity index (χ0v) is 24.9. The van der Waals surface area contributed by atoms with E-state index in [2.05, 4.69) is 47.1 Å². The Balaban J connectivity index is 1.23. The molecule has 0 bridgehead atoms. The highest BCUT2D eigenvalue weighted by atomic mass is 32.2. The van der Waals surface area contributed by atoms with Crippen LogP contribution in [0.15, 0.2) is 47.1 Å². The minimum Gasteiger partial charge on any atom is -0.453 e. The molecule has 0 aliphatic carbocycles. The Bertz CT molecular complexity index is 1670. The third-order valence-electron chi connectivity index (χ3n) is 6.93. The van der Waals surface area contributed by atoms with Crippen molar-refractivity contribution >= 4 is 49.3 Å². The number of nitrogens with zero attached hydrogens (tertiary/aromatic N) is 6. The van der Waals surface area contributed by atoms with Gasteiger partial charge in [0.25, 0.3) is 10.0 Å². The zero-order valence-electron chi connectivity index (χ0n) is 23.3. The first kappa shape index (κ1) is 28.8. The molecule has 216 valence electrons. The van der Waals surface area contributed by atoms with Gasteiger partial charge in [0.2, 0.25) is 0 Å². The number of anilines is 2. The number of nitrogens with one attached hydrogen (secondary N) is 2. The van der Waals surface area contributed by atoms with Crippen molar-refractivity contribution in [3.8, 4) is 11.1 Å². The van der Waals surface area contributed by atoms with Gasteiger partial charge in [-0.05, 0) is 32.9 Å². The van der Waals surface area contributed by atoms with Crippen LogP contribution in [0.25, 0.3) is 22.0 Å². The van der Waals surface area contributed by atoms with Gasteiger partial charge < -0.3 is 10.1 Å². The molecule has 0 unspecified atom stereocenters. The highest BCUT2D eigenvalue weighted by Gasteiger charge is 2.32. The molecule has 12 nitrogen and oxygen atoms in total. The maximum Gasteiger partial charge on any atom is 0.413 e. The number of hydrogen-bond donors (Lipinski definition) is 2. The number of carbonyl (C=O) groups excluding carboxylic acids is 1. The lowest BCUT2D eigenvalue weighted by molar-refractivity contribution is 0.184. The zero-order chi connectivity index (χ0) is 29.1. The van der Waals surface area contributed by atoms with Crippen molar-refractivity contribution in [1.82, 2.24) is 29.1 Å². The molecule has 4 aromatic rings. The summed E-state index contributed by atoms with van der Waals surface area (Å²) in [5.74, 6) is 0.754. The topological polar surface area (TPSA) is 143 Å². The molecule has 1 fully saturated rings. The number of rotatable bonds is 8. The molecule has 41 heavy (non-hydrogen) atoms. The smallest absolute Gasteiger partial charge is 0.413 e. The molecule has 1 atom stereocenters. The number of amides is 1. The minimum atomic E-state index is -3.74. The van der Waals surface area contributed by atoms with Crippen molar-refractivity contribution in [1.29, 1.82) is 0 Å². The van der Waals surface area contributed by atoms with E-state index < -0.39 is 16.1 Å². The van der Waals surface area contributed by atoms with Crippen molar-refractivity contribution in [2.24, 2.45) is 0 Å². The Morgan fingerprint density at radius 1 is 1.05 bits per heavy atom. The molecule has 0 radical (unpaired) electrons. The SMILES string of the molecule is COC(=O)Nc1nc(C)c(S(=O)(=O)N2CCN(C[C@H](C)Nc3ncnc4c(-c5cccnc5C)cccc34)CC2)s1. The van der Waals surface area contributed by atoms with Gasteiger partial charge in [-0.2, -0.15) is 4.31 Å². The molecule has 0 spiro atoms. The summed E-state index contributed by atoms with van der Waals surface area (Å²) >= 11 is 0.926. The summed E-state index contributed by atoms with van der Waals surface area (Å²) in [5, 5.41) is 7.08. The Kier molecular flexibility index (Phi) is 8.45. The minimum absolute atomic E-state index is 0.0516. The van der Waals surface area contributed by atoms with Crippen LogP contribution in [0.2, 0.25) is 0 Å². The van der Waals surface area contributed by atoms with Crippen LogP contribution in [0.5, 0.6) is 0 Å². The fourth-order valence-corrected chi connectivity index (χ4v) is 7.90. The van der Waals surface area contributed by atoms with E-state index in [-0.39, 0.29) is 15.4 Å². The number of hydrogen-bond acceptors (Lipinski definition) is 11. The Hall–Kier alpha value is -3.72. The molecule has 1 saturated heterocycles. The molecule has 4 heterocycles. The van der Waals surface area contributed by atoms with E-state index in [1.54, 1.807) is 19.4 Å². The highest BCUT2D eigenvalue weighted by Crippen LogP contribution is 2.32. The van der Waals surface area contributed by atoms with Crippen LogP contribution in [0.4, 0.5) is 15.7 Å². The Morgan fingerprint density at radius 3 is 2.54 bits per heavy atom. The highest BCUT2D eigenvalue weighted by molar-refractivity contribution is 7.91. The predicted octanol–water partition coefficient (Wildman–Crippen LogP) is 3.75. The molecule has 0 saturated carbocycles. The number of carbonyl (C=O) groups is 1. The van der Waals surface area contributed by atoms with Gasteiger partial charge in [-0.15, -0.1) is 0 Å². The van der Waals surface area contributed by atoms with Crippen LogP contribution in [0, 0.1) is 13.8 Å². The number of sulfonamides is 1. The lowest BCUT2D eigenvalue weighted by Gasteiger charge is -2.35.